The zero-order valence-electron chi connectivity index (χ0n) is 12.8. The molecule has 22 heavy (non-hydrogen) atoms. The van der Waals surface area contributed by atoms with Crippen molar-refractivity contribution in [2.45, 2.75) is 44.4 Å². The molecule has 0 radical (unpaired) electrons. The second-order valence-corrected chi connectivity index (χ2v) is 7.69. The maximum absolute atomic E-state index is 12.7. The summed E-state index contributed by atoms with van der Waals surface area (Å²) in [6, 6.07) is 8.34. The third-order valence-corrected chi connectivity index (χ3v) is 6.30. The van der Waals surface area contributed by atoms with E-state index in [2.05, 4.69) is 23.1 Å². The van der Waals surface area contributed by atoms with Crippen LogP contribution in [-0.2, 0) is 4.79 Å². The lowest BCUT2D eigenvalue weighted by Gasteiger charge is -2.33. The van der Waals surface area contributed by atoms with E-state index in [1.165, 1.54) is 22.5 Å². The van der Waals surface area contributed by atoms with Crippen molar-refractivity contribution in [2.75, 3.05) is 13.1 Å². The van der Waals surface area contributed by atoms with E-state index in [0.717, 1.165) is 44.3 Å². The van der Waals surface area contributed by atoms with Crippen LogP contribution in [0.15, 0.2) is 24.3 Å². The molecule has 1 aliphatic carbocycles. The largest absolute Gasteiger partial charge is 0.342 e. The Morgan fingerprint density at radius 2 is 1.95 bits per heavy atom. The highest BCUT2D eigenvalue weighted by Crippen LogP contribution is 2.34. The number of benzene rings is 1. The Morgan fingerprint density at radius 3 is 2.77 bits per heavy atom. The number of thiazole rings is 1. The number of hydrogen-bond donors (Lipinski definition) is 0. The fourth-order valence-electron chi connectivity index (χ4n) is 3.87. The predicted molar refractivity (Wildman–Crippen MR) is 90.1 cm³/mol. The molecule has 116 valence electrons. The topological polar surface area (TPSA) is 33.2 Å². The van der Waals surface area contributed by atoms with Crippen LogP contribution >= 0.6 is 11.3 Å². The average Bonchev–Trinajstić information content (AvgIpc) is 3.23. The number of fused-ring (bicyclic) bond motifs is 1. The van der Waals surface area contributed by atoms with Gasteiger partial charge in [-0.25, -0.2) is 4.98 Å². The molecule has 2 heterocycles. The summed E-state index contributed by atoms with van der Waals surface area (Å²) >= 11 is 1.80. The van der Waals surface area contributed by atoms with Crippen molar-refractivity contribution < 1.29 is 4.79 Å². The molecule has 0 bridgehead atoms. The Labute approximate surface area is 135 Å². The number of amides is 1. The molecule has 2 aliphatic rings. The average molecular weight is 314 g/mol. The van der Waals surface area contributed by atoms with E-state index < -0.39 is 0 Å². The van der Waals surface area contributed by atoms with E-state index in [1.54, 1.807) is 11.3 Å². The number of aromatic nitrogens is 1. The first-order valence-electron chi connectivity index (χ1n) is 8.45. The number of hydrogen-bond acceptors (Lipinski definition) is 3. The van der Waals surface area contributed by atoms with Crippen LogP contribution in [0.3, 0.4) is 0 Å². The van der Waals surface area contributed by atoms with Gasteiger partial charge < -0.3 is 4.90 Å². The number of likely N-dealkylation sites (tertiary alicyclic amines) is 1. The molecule has 4 rings (SSSR count). The highest BCUT2D eigenvalue weighted by atomic mass is 32.1. The minimum Gasteiger partial charge on any atom is -0.342 e. The fourth-order valence-corrected chi connectivity index (χ4v) is 4.97. The van der Waals surface area contributed by atoms with Gasteiger partial charge in [-0.3, -0.25) is 4.79 Å². The maximum Gasteiger partial charge on any atom is 0.225 e. The monoisotopic (exact) mass is 314 g/mol. The molecule has 0 spiro atoms. The summed E-state index contributed by atoms with van der Waals surface area (Å²) in [4.78, 5) is 19.6. The van der Waals surface area contributed by atoms with Gasteiger partial charge in [0.1, 0.15) is 0 Å². The lowest BCUT2D eigenvalue weighted by molar-refractivity contribution is -0.136. The van der Waals surface area contributed by atoms with Crippen molar-refractivity contribution in [1.29, 1.82) is 0 Å². The SMILES string of the molecule is O=C(C1CCCC1)N1CCCC(c2nc3ccccc3s2)C1. The Kier molecular flexibility index (Phi) is 3.87. The molecule has 1 amide bonds. The number of para-hydroxylation sites is 1. The van der Waals surface area contributed by atoms with Crippen molar-refractivity contribution in [1.82, 2.24) is 9.88 Å². The Bertz CT molecular complexity index is 642. The second kappa shape index (κ2) is 5.99. The summed E-state index contributed by atoms with van der Waals surface area (Å²) in [5, 5.41) is 1.21. The molecule has 1 aliphatic heterocycles. The molecule has 1 aromatic heterocycles. The maximum atomic E-state index is 12.7. The molecular weight excluding hydrogens is 292 g/mol. The number of rotatable bonds is 2. The molecule has 2 fully saturated rings. The first-order chi connectivity index (χ1) is 10.8. The second-order valence-electron chi connectivity index (χ2n) is 6.62. The minimum absolute atomic E-state index is 0.300. The summed E-state index contributed by atoms with van der Waals surface area (Å²) in [7, 11) is 0. The molecule has 1 unspecified atom stereocenters. The lowest BCUT2D eigenvalue weighted by atomic mass is 9.96. The van der Waals surface area contributed by atoms with Crippen LogP contribution in [0.1, 0.15) is 49.5 Å². The fraction of sp³-hybridized carbons (Fsp3) is 0.556. The number of carbonyl (C=O) groups is 1. The van der Waals surface area contributed by atoms with E-state index in [1.807, 2.05) is 6.07 Å². The van der Waals surface area contributed by atoms with Crippen molar-refractivity contribution >= 4 is 27.5 Å². The van der Waals surface area contributed by atoms with Gasteiger partial charge in [-0.2, -0.15) is 0 Å². The van der Waals surface area contributed by atoms with E-state index in [0.29, 0.717) is 17.7 Å². The zero-order chi connectivity index (χ0) is 14.9. The van der Waals surface area contributed by atoms with Gasteiger partial charge in [0.05, 0.1) is 15.2 Å². The summed E-state index contributed by atoms with van der Waals surface area (Å²) in [5.74, 6) is 1.13. The van der Waals surface area contributed by atoms with Gasteiger partial charge in [-0.1, -0.05) is 25.0 Å². The van der Waals surface area contributed by atoms with Crippen LogP contribution in [0.4, 0.5) is 0 Å². The lowest BCUT2D eigenvalue weighted by Crippen LogP contribution is -2.41. The van der Waals surface area contributed by atoms with Crippen molar-refractivity contribution in [3.8, 4) is 0 Å². The minimum atomic E-state index is 0.300. The molecule has 1 saturated carbocycles. The van der Waals surface area contributed by atoms with Crippen LogP contribution < -0.4 is 0 Å². The smallest absolute Gasteiger partial charge is 0.225 e. The van der Waals surface area contributed by atoms with Gasteiger partial charge in [0.25, 0.3) is 0 Å². The molecule has 1 atom stereocenters. The zero-order valence-corrected chi connectivity index (χ0v) is 13.6. The summed E-state index contributed by atoms with van der Waals surface area (Å²) in [6.07, 6.45) is 6.92. The van der Waals surface area contributed by atoms with Gasteiger partial charge in [0.15, 0.2) is 0 Å². The van der Waals surface area contributed by atoms with Crippen molar-refractivity contribution in [3.63, 3.8) is 0 Å². The molecule has 2 aromatic rings. The van der Waals surface area contributed by atoms with Gasteiger partial charge in [0, 0.05) is 24.9 Å². The van der Waals surface area contributed by atoms with E-state index >= 15 is 0 Å². The Morgan fingerprint density at radius 1 is 1.14 bits per heavy atom. The van der Waals surface area contributed by atoms with Crippen LogP contribution in [-0.4, -0.2) is 28.9 Å². The highest BCUT2D eigenvalue weighted by molar-refractivity contribution is 7.18. The summed E-state index contributed by atoms with van der Waals surface area (Å²) in [5.41, 5.74) is 1.10. The molecule has 3 nitrogen and oxygen atoms in total. The summed E-state index contributed by atoms with van der Waals surface area (Å²) < 4.78 is 1.26. The van der Waals surface area contributed by atoms with Gasteiger partial charge in [0.2, 0.25) is 5.91 Å². The van der Waals surface area contributed by atoms with E-state index in [4.69, 9.17) is 4.98 Å². The molecular formula is C18H22N2OS. The van der Waals surface area contributed by atoms with Crippen LogP contribution in [0, 0.1) is 5.92 Å². The normalized spacial score (nSPS) is 23.3. The van der Waals surface area contributed by atoms with Crippen LogP contribution in [0.2, 0.25) is 0 Å². The predicted octanol–water partition coefficient (Wildman–Crippen LogP) is 4.19. The first kappa shape index (κ1) is 14.2. The molecule has 0 N–H and O–H groups in total. The third kappa shape index (κ3) is 2.65. The Balaban J connectivity index is 1.51. The van der Waals surface area contributed by atoms with Crippen molar-refractivity contribution in [3.05, 3.63) is 29.3 Å². The summed E-state index contributed by atoms with van der Waals surface area (Å²) in [6.45, 7) is 1.81. The van der Waals surface area contributed by atoms with E-state index in [-0.39, 0.29) is 0 Å². The van der Waals surface area contributed by atoms with Gasteiger partial charge in [-0.15, -0.1) is 11.3 Å². The Hall–Kier alpha value is -1.42. The van der Waals surface area contributed by atoms with Crippen LogP contribution in [0.25, 0.3) is 10.2 Å². The number of carbonyl (C=O) groups excluding carboxylic acids is 1. The number of nitrogens with zero attached hydrogens (tertiary/aromatic N) is 2. The van der Waals surface area contributed by atoms with Gasteiger partial charge in [-0.05, 0) is 37.8 Å². The third-order valence-electron chi connectivity index (χ3n) is 5.10. The van der Waals surface area contributed by atoms with Gasteiger partial charge >= 0.3 is 0 Å². The molecule has 4 heteroatoms. The quantitative estimate of drug-likeness (QED) is 0.832. The van der Waals surface area contributed by atoms with E-state index in [9.17, 15) is 4.79 Å². The first-order valence-corrected chi connectivity index (χ1v) is 9.27. The molecule has 1 saturated heterocycles. The standard InChI is InChI=1S/C18H22N2OS/c21-18(13-6-1-2-7-13)20-11-5-8-14(12-20)17-19-15-9-3-4-10-16(15)22-17/h3-4,9-10,13-14H,1-2,5-8,11-12H2. The molecule has 1 aromatic carbocycles. The highest BCUT2D eigenvalue weighted by Gasteiger charge is 2.31. The van der Waals surface area contributed by atoms with Crippen LogP contribution in [0.5, 0.6) is 0 Å². The number of piperidine rings is 1. The van der Waals surface area contributed by atoms with Crippen molar-refractivity contribution in [2.24, 2.45) is 5.92 Å².